The van der Waals surface area contributed by atoms with Crippen molar-refractivity contribution >= 4 is 41.3 Å². The van der Waals surface area contributed by atoms with Crippen LogP contribution in [0.1, 0.15) is 18.5 Å². The molecule has 1 aliphatic rings. The molecule has 2 heterocycles. The number of nitrogens with one attached hydrogen (secondary N) is 1. The van der Waals surface area contributed by atoms with Crippen LogP contribution >= 0.6 is 23.6 Å². The first-order valence-corrected chi connectivity index (χ1v) is 8.07. The number of thiazole rings is 1. The normalized spacial score (nSPS) is 20.7. The maximum absolute atomic E-state index is 11.6. The fraction of sp³-hybridized carbons (Fsp3) is 0.357. The lowest BCUT2D eigenvalue weighted by Crippen LogP contribution is -2.56. The molecule has 23 heavy (non-hydrogen) atoms. The molecule has 1 atom stereocenters. The Morgan fingerprint density at radius 3 is 2.91 bits per heavy atom. The summed E-state index contributed by atoms with van der Waals surface area (Å²) in [5.74, 6) is 0. The van der Waals surface area contributed by atoms with E-state index in [0.717, 1.165) is 11.3 Å². The number of rotatable bonds is 5. The first kappa shape index (κ1) is 17.2. The number of aromatic nitrogens is 1. The van der Waals surface area contributed by atoms with Gasteiger partial charge in [0.1, 0.15) is 6.61 Å². The summed E-state index contributed by atoms with van der Waals surface area (Å²) in [4.78, 5) is 26.9. The van der Waals surface area contributed by atoms with E-state index in [1.54, 1.807) is 6.08 Å². The van der Waals surface area contributed by atoms with Crippen LogP contribution in [0.15, 0.2) is 24.1 Å². The van der Waals surface area contributed by atoms with E-state index in [2.05, 4.69) is 11.6 Å². The second-order valence-electron chi connectivity index (χ2n) is 5.19. The van der Waals surface area contributed by atoms with E-state index in [4.69, 9.17) is 22.7 Å². The van der Waals surface area contributed by atoms with Crippen LogP contribution in [-0.4, -0.2) is 45.9 Å². The van der Waals surface area contributed by atoms with Gasteiger partial charge in [-0.15, -0.1) is 17.9 Å². The molecule has 0 aliphatic carbocycles. The second-order valence-corrected chi connectivity index (χ2v) is 6.73. The summed E-state index contributed by atoms with van der Waals surface area (Å²) >= 11 is 6.49. The van der Waals surface area contributed by atoms with Crippen molar-refractivity contribution in [2.75, 3.05) is 13.2 Å². The van der Waals surface area contributed by atoms with Crippen molar-refractivity contribution in [2.45, 2.75) is 18.4 Å². The minimum absolute atomic E-state index is 0.136. The summed E-state index contributed by atoms with van der Waals surface area (Å²) in [7, 11) is 0. The fourth-order valence-electron chi connectivity index (χ4n) is 2.69. The Labute approximate surface area is 142 Å². The van der Waals surface area contributed by atoms with Crippen LogP contribution in [0.3, 0.4) is 0 Å². The zero-order valence-electron chi connectivity index (χ0n) is 12.3. The van der Waals surface area contributed by atoms with Crippen molar-refractivity contribution in [1.82, 2.24) is 9.88 Å². The molecule has 0 unspecified atom stereocenters. The molecule has 124 valence electrons. The number of carbonyl (C=O) groups excluding carboxylic acids is 1. The van der Waals surface area contributed by atoms with Gasteiger partial charge in [0.15, 0.2) is 3.95 Å². The van der Waals surface area contributed by atoms with E-state index in [1.807, 2.05) is 11.5 Å². The van der Waals surface area contributed by atoms with Crippen molar-refractivity contribution in [2.24, 2.45) is 5.73 Å². The third kappa shape index (κ3) is 3.80. The van der Waals surface area contributed by atoms with Gasteiger partial charge in [-0.05, 0) is 24.2 Å². The third-order valence-corrected chi connectivity index (χ3v) is 4.78. The van der Waals surface area contributed by atoms with E-state index in [0.29, 0.717) is 16.8 Å². The molecule has 4 N–H and O–H groups in total. The van der Waals surface area contributed by atoms with Crippen LogP contribution in [-0.2, 0) is 4.74 Å². The number of hydrogen-bond donors (Lipinski definition) is 3. The van der Waals surface area contributed by atoms with Crippen LogP contribution in [0.5, 0.6) is 0 Å². The van der Waals surface area contributed by atoms with Gasteiger partial charge in [0.25, 0.3) is 0 Å². The smallest absolute Gasteiger partial charge is 0.408 e. The summed E-state index contributed by atoms with van der Waals surface area (Å²) in [5.41, 5.74) is 5.88. The molecular formula is C14H17N3O4S2. The topological polar surface area (TPSA) is 109 Å². The van der Waals surface area contributed by atoms with E-state index in [1.165, 1.54) is 16.2 Å². The predicted octanol–water partition coefficient (Wildman–Crippen LogP) is 2.98. The van der Waals surface area contributed by atoms with Crippen molar-refractivity contribution in [3.05, 3.63) is 33.8 Å². The first-order valence-electron chi connectivity index (χ1n) is 6.79. The lowest BCUT2D eigenvalue weighted by molar-refractivity contribution is 0.0309. The van der Waals surface area contributed by atoms with Crippen molar-refractivity contribution in [3.63, 3.8) is 0 Å². The Bertz CT molecular complexity index is 709. The van der Waals surface area contributed by atoms with Gasteiger partial charge in [-0.2, -0.15) is 0 Å². The van der Waals surface area contributed by atoms with Gasteiger partial charge in [0.2, 0.25) is 0 Å². The average Bonchev–Trinajstić information content (AvgIpc) is 2.92. The molecule has 0 fully saturated rings. The van der Waals surface area contributed by atoms with Crippen LogP contribution in [0, 0.1) is 3.95 Å². The Balaban J connectivity index is 2.39. The molecule has 2 amide bonds. The minimum atomic E-state index is -1.09. The number of aromatic amines is 1. The van der Waals surface area contributed by atoms with Gasteiger partial charge in [-0.25, -0.2) is 9.59 Å². The molecular weight excluding hydrogens is 338 g/mol. The molecule has 1 aromatic rings. The number of nitrogens with two attached hydrogens (primary N) is 1. The molecule has 7 nitrogen and oxygen atoms in total. The van der Waals surface area contributed by atoms with Crippen LogP contribution < -0.4 is 5.73 Å². The lowest BCUT2D eigenvalue weighted by Gasteiger charge is -2.44. The Kier molecular flexibility index (Phi) is 5.22. The van der Waals surface area contributed by atoms with Gasteiger partial charge in [-0.1, -0.05) is 12.2 Å². The number of carbonyl (C=O) groups is 2. The number of carboxylic acid groups (broad SMARTS) is 1. The van der Waals surface area contributed by atoms with E-state index >= 15 is 0 Å². The first-order chi connectivity index (χ1) is 10.9. The van der Waals surface area contributed by atoms with Gasteiger partial charge in [-0.3, -0.25) is 4.90 Å². The number of hydrogen-bond acceptors (Lipinski definition) is 5. The quantitative estimate of drug-likeness (QED) is 0.556. The summed E-state index contributed by atoms with van der Waals surface area (Å²) in [6, 6.07) is 0. The number of H-pyrrole nitrogens is 1. The monoisotopic (exact) mass is 355 g/mol. The van der Waals surface area contributed by atoms with Crippen LogP contribution in [0.25, 0.3) is 5.57 Å². The molecule has 1 aromatic heterocycles. The van der Waals surface area contributed by atoms with Crippen molar-refractivity contribution in [3.8, 4) is 0 Å². The second kappa shape index (κ2) is 6.97. The molecule has 2 rings (SSSR count). The number of primary amides is 1. The predicted molar refractivity (Wildman–Crippen MR) is 89.9 cm³/mol. The fourth-order valence-corrected chi connectivity index (χ4v) is 3.54. The highest BCUT2D eigenvalue weighted by atomic mass is 32.1. The highest BCUT2D eigenvalue weighted by molar-refractivity contribution is 7.73. The molecule has 0 saturated heterocycles. The highest BCUT2D eigenvalue weighted by Gasteiger charge is 2.43. The summed E-state index contributed by atoms with van der Waals surface area (Å²) in [6.45, 7) is 3.73. The van der Waals surface area contributed by atoms with E-state index in [-0.39, 0.29) is 13.2 Å². The molecule has 9 heteroatoms. The zero-order valence-corrected chi connectivity index (χ0v) is 13.9. The van der Waals surface area contributed by atoms with Gasteiger partial charge < -0.3 is 20.6 Å². The maximum atomic E-state index is 11.6. The highest BCUT2D eigenvalue weighted by Crippen LogP contribution is 2.37. The number of ether oxygens (including phenoxy) is 1. The standard InChI is InChI=1S/C14H17N3O4S2/c1-2-4-14(8-21-11(15)18)6-9(3-5-17(14)13(19)20)10-7-23-12(22)16-10/h2-3,7H,1,4-6,8H2,(H2,15,18)(H,16,22)(H,19,20)/t14-/m0/s1. The van der Waals surface area contributed by atoms with Crippen molar-refractivity contribution < 1.29 is 19.4 Å². The van der Waals surface area contributed by atoms with E-state index < -0.39 is 17.7 Å². The maximum Gasteiger partial charge on any atom is 0.408 e. The van der Waals surface area contributed by atoms with Gasteiger partial charge >= 0.3 is 12.2 Å². The molecule has 0 saturated carbocycles. The Morgan fingerprint density at radius 2 is 2.39 bits per heavy atom. The summed E-state index contributed by atoms with van der Waals surface area (Å²) in [6.07, 6.45) is 2.10. The molecule has 1 aliphatic heterocycles. The van der Waals surface area contributed by atoms with Crippen LogP contribution in [0.4, 0.5) is 9.59 Å². The van der Waals surface area contributed by atoms with Crippen molar-refractivity contribution in [1.29, 1.82) is 0 Å². The molecule has 0 aromatic carbocycles. The third-order valence-electron chi connectivity index (χ3n) is 3.72. The summed E-state index contributed by atoms with van der Waals surface area (Å²) < 4.78 is 5.58. The van der Waals surface area contributed by atoms with Gasteiger partial charge in [0.05, 0.1) is 11.2 Å². The molecule has 0 bridgehead atoms. The van der Waals surface area contributed by atoms with Gasteiger partial charge in [0, 0.05) is 18.3 Å². The number of nitrogens with zero attached hydrogens (tertiary/aromatic N) is 1. The van der Waals surface area contributed by atoms with Crippen LogP contribution in [0.2, 0.25) is 0 Å². The minimum Gasteiger partial charge on any atom is -0.465 e. The zero-order chi connectivity index (χ0) is 17.0. The Morgan fingerprint density at radius 1 is 1.65 bits per heavy atom. The lowest BCUT2D eigenvalue weighted by atomic mass is 9.82. The molecule has 0 spiro atoms. The largest absolute Gasteiger partial charge is 0.465 e. The Hall–Kier alpha value is -2.13. The average molecular weight is 355 g/mol. The number of amides is 2. The summed E-state index contributed by atoms with van der Waals surface area (Å²) in [5, 5.41) is 11.4. The van der Waals surface area contributed by atoms with E-state index in [9.17, 15) is 14.7 Å². The SMILES string of the molecule is C=CC[C@@]1(COC(N)=O)CC(c2csc(=S)[nH]2)=CCN1C(=O)O. The molecule has 0 radical (unpaired) electrons.